The summed E-state index contributed by atoms with van der Waals surface area (Å²) in [6, 6.07) is -0.122. The van der Waals surface area contributed by atoms with Crippen molar-refractivity contribution in [2.45, 2.75) is 186 Å². The van der Waals surface area contributed by atoms with Crippen molar-refractivity contribution < 1.29 is 67.9 Å². The van der Waals surface area contributed by atoms with Crippen molar-refractivity contribution in [3.05, 3.63) is 0 Å². The number of ether oxygens (including phenoxy) is 8. The molecule has 328 valence electrons. The zero-order valence-electron chi connectivity index (χ0n) is 36.4. The summed E-state index contributed by atoms with van der Waals surface area (Å²) in [4.78, 5) is 30.5. The van der Waals surface area contributed by atoms with Crippen LogP contribution in [0.5, 0.6) is 0 Å². The number of hydrogen-bond acceptors (Lipinski definition) is 15. The zero-order valence-corrected chi connectivity index (χ0v) is 36.4. The van der Waals surface area contributed by atoms with Gasteiger partial charge in [0, 0.05) is 57.6 Å². The van der Waals surface area contributed by atoms with Gasteiger partial charge in [0.2, 0.25) is 0 Å². The van der Waals surface area contributed by atoms with Crippen molar-refractivity contribution >= 4 is 11.8 Å². The van der Waals surface area contributed by atoms with E-state index in [1.807, 2.05) is 34.9 Å². The van der Waals surface area contributed by atoms with Crippen LogP contribution in [0.15, 0.2) is 0 Å². The van der Waals surface area contributed by atoms with E-state index in [1.54, 1.807) is 41.5 Å². The Labute approximate surface area is 334 Å². The van der Waals surface area contributed by atoms with Gasteiger partial charge in [-0.25, -0.2) is 0 Å². The molecule has 0 aromatic heterocycles. The monoisotopic (exact) mass is 806 g/mol. The number of aliphatic hydroxyl groups excluding tert-OH is 3. The fraction of sp³-hybridized carbons (Fsp3) is 0.951. The summed E-state index contributed by atoms with van der Waals surface area (Å²) in [5.74, 6) is -4.44. The smallest absolute Gasteiger partial charge is 0.311 e. The van der Waals surface area contributed by atoms with Crippen LogP contribution >= 0.6 is 0 Å². The average molecular weight is 806 g/mol. The number of aliphatic hydroxyl groups is 4. The van der Waals surface area contributed by atoms with Gasteiger partial charge in [-0.2, -0.15) is 0 Å². The van der Waals surface area contributed by atoms with Crippen LogP contribution in [-0.2, 0) is 47.5 Å². The molecule has 3 saturated heterocycles. The maximum absolute atomic E-state index is 14.3. The first kappa shape index (κ1) is 49.0. The largest absolute Gasteiger partial charge is 0.459 e. The molecular weight excluding hydrogens is 730 g/mol. The first-order valence-electron chi connectivity index (χ1n) is 20.5. The lowest BCUT2D eigenvalue weighted by atomic mass is 9.74. The minimum Gasteiger partial charge on any atom is -0.459 e. The second kappa shape index (κ2) is 20.3. The zero-order chi connectivity index (χ0) is 42.5. The molecule has 3 fully saturated rings. The third-order valence-corrected chi connectivity index (χ3v) is 12.9. The van der Waals surface area contributed by atoms with Crippen LogP contribution in [0.25, 0.3) is 0 Å². The second-order valence-corrected chi connectivity index (χ2v) is 17.6. The van der Waals surface area contributed by atoms with E-state index in [4.69, 9.17) is 37.9 Å². The molecule has 3 rings (SSSR count). The molecule has 4 N–H and O–H groups in total. The summed E-state index contributed by atoms with van der Waals surface area (Å²) in [6.07, 6.45) is -7.54. The molecule has 3 aliphatic rings. The van der Waals surface area contributed by atoms with Crippen LogP contribution < -0.4 is 0 Å². The highest BCUT2D eigenvalue weighted by Gasteiger charge is 2.54. The summed E-state index contributed by atoms with van der Waals surface area (Å²) >= 11 is 0. The Balaban J connectivity index is 2.26. The standard InChI is InChI=1S/C41H75NO14/c1-15-29-41(10,48)34(45)24(4)31(44)22(2)20-40(9,50-14)36(56-38-33(51-18-16-17-43)28(42(11)12)19-23(3)52-38)25(5)32(26(6)37(47)54-29)55-30-21-39(8,49-13)35(46)27(7)53-30/h22-30,32-36,38,43,45-46,48H,15-21H2,1-14H3/t22-,23-,24+,25+,26-,27+,28+,29-,30+,32+,33-,34-,35+,36-,38+,39-,40+,41-/m1/s1. The van der Waals surface area contributed by atoms with E-state index in [2.05, 4.69) is 4.90 Å². The maximum atomic E-state index is 14.3. The third kappa shape index (κ3) is 10.9. The molecule has 3 heterocycles. The molecule has 0 bridgehead atoms. The number of ketones is 1. The van der Waals surface area contributed by atoms with Crippen molar-refractivity contribution in [1.82, 2.24) is 4.90 Å². The number of nitrogens with zero attached hydrogens (tertiary/aromatic N) is 1. The van der Waals surface area contributed by atoms with Crippen LogP contribution in [0.4, 0.5) is 0 Å². The molecular formula is C41H75NO14. The van der Waals surface area contributed by atoms with Gasteiger partial charge >= 0.3 is 5.97 Å². The van der Waals surface area contributed by atoms with E-state index in [0.29, 0.717) is 12.8 Å². The number of methoxy groups -OCH3 is 2. The Morgan fingerprint density at radius 1 is 0.857 bits per heavy atom. The molecule has 0 aliphatic carbocycles. The van der Waals surface area contributed by atoms with Crippen LogP contribution in [0.2, 0.25) is 0 Å². The highest BCUT2D eigenvalue weighted by atomic mass is 16.7. The summed E-state index contributed by atoms with van der Waals surface area (Å²) in [5.41, 5.74) is -4.24. The van der Waals surface area contributed by atoms with Gasteiger partial charge in [-0.3, -0.25) is 9.59 Å². The summed E-state index contributed by atoms with van der Waals surface area (Å²) in [7, 11) is 6.96. The molecule has 15 nitrogen and oxygen atoms in total. The number of carbonyl (C=O) groups excluding carboxylic acids is 2. The Morgan fingerprint density at radius 3 is 2.04 bits per heavy atom. The number of esters is 1. The van der Waals surface area contributed by atoms with Crippen LogP contribution in [0.3, 0.4) is 0 Å². The molecule has 0 radical (unpaired) electrons. The van der Waals surface area contributed by atoms with Crippen molar-refractivity contribution in [2.24, 2.45) is 23.7 Å². The van der Waals surface area contributed by atoms with Gasteiger partial charge in [0.1, 0.15) is 29.7 Å². The van der Waals surface area contributed by atoms with Gasteiger partial charge in [0.25, 0.3) is 0 Å². The molecule has 56 heavy (non-hydrogen) atoms. The Bertz CT molecular complexity index is 1250. The summed E-state index contributed by atoms with van der Waals surface area (Å²) in [6.45, 7) is 17.5. The van der Waals surface area contributed by atoms with Crippen molar-refractivity contribution in [3.63, 3.8) is 0 Å². The fourth-order valence-electron chi connectivity index (χ4n) is 9.04. The third-order valence-electron chi connectivity index (χ3n) is 12.9. The molecule has 0 aromatic carbocycles. The number of carbonyl (C=O) groups is 2. The van der Waals surface area contributed by atoms with Gasteiger partial charge in [-0.1, -0.05) is 27.7 Å². The lowest BCUT2D eigenvalue weighted by Gasteiger charge is -2.50. The predicted octanol–water partition coefficient (Wildman–Crippen LogP) is 2.85. The van der Waals surface area contributed by atoms with E-state index < -0.39 is 102 Å². The van der Waals surface area contributed by atoms with E-state index in [-0.39, 0.29) is 50.4 Å². The average Bonchev–Trinajstić information content (AvgIpc) is 3.15. The lowest BCUT2D eigenvalue weighted by molar-refractivity contribution is -0.322. The molecule has 0 amide bonds. The van der Waals surface area contributed by atoms with Gasteiger partial charge in [0.15, 0.2) is 12.6 Å². The van der Waals surface area contributed by atoms with Gasteiger partial charge in [0.05, 0.1) is 47.6 Å². The highest BCUT2D eigenvalue weighted by molar-refractivity contribution is 5.83. The van der Waals surface area contributed by atoms with E-state index in [1.165, 1.54) is 21.1 Å². The molecule has 0 saturated carbocycles. The van der Waals surface area contributed by atoms with Crippen molar-refractivity contribution in [1.29, 1.82) is 0 Å². The number of likely N-dealkylation sites (N-methyl/N-ethyl adjacent to an activating group) is 1. The predicted molar refractivity (Wildman–Crippen MR) is 206 cm³/mol. The molecule has 18 atom stereocenters. The van der Waals surface area contributed by atoms with Crippen LogP contribution in [0, 0.1) is 23.7 Å². The summed E-state index contributed by atoms with van der Waals surface area (Å²) in [5, 5.41) is 43.8. The number of cyclic esters (lactones) is 1. The highest BCUT2D eigenvalue weighted by Crippen LogP contribution is 2.42. The van der Waals surface area contributed by atoms with E-state index in [9.17, 15) is 30.0 Å². The molecule has 0 spiro atoms. The van der Waals surface area contributed by atoms with Crippen LogP contribution in [0.1, 0.15) is 101 Å². The Morgan fingerprint density at radius 2 is 1.48 bits per heavy atom. The first-order valence-corrected chi connectivity index (χ1v) is 20.5. The van der Waals surface area contributed by atoms with Crippen LogP contribution in [-0.4, -0.2) is 163 Å². The van der Waals surface area contributed by atoms with Gasteiger partial charge in [-0.05, 0) is 81.3 Å². The minimum atomic E-state index is -1.97. The molecule has 15 heteroatoms. The number of rotatable bonds is 12. The maximum Gasteiger partial charge on any atom is 0.311 e. The van der Waals surface area contributed by atoms with Gasteiger partial charge in [-0.15, -0.1) is 0 Å². The minimum absolute atomic E-state index is 0.0507. The summed E-state index contributed by atoms with van der Waals surface area (Å²) < 4.78 is 51.2. The van der Waals surface area contributed by atoms with E-state index in [0.717, 1.165) is 0 Å². The first-order chi connectivity index (χ1) is 26.0. The second-order valence-electron chi connectivity index (χ2n) is 17.6. The lowest BCUT2D eigenvalue weighted by Crippen LogP contribution is -2.62. The molecule has 3 aliphatic heterocycles. The van der Waals surface area contributed by atoms with Crippen molar-refractivity contribution in [3.8, 4) is 0 Å². The fourth-order valence-corrected chi connectivity index (χ4v) is 9.04. The van der Waals surface area contributed by atoms with Crippen molar-refractivity contribution in [2.75, 3.05) is 41.5 Å². The quantitative estimate of drug-likeness (QED) is 0.166. The Hall–Kier alpha value is -1.34. The molecule has 0 aromatic rings. The van der Waals surface area contributed by atoms with E-state index >= 15 is 0 Å². The Kier molecular flexibility index (Phi) is 17.8. The number of hydrogen-bond donors (Lipinski definition) is 4. The topological polar surface area (TPSA) is 192 Å². The molecule has 0 unspecified atom stereocenters. The normalized spacial score (nSPS) is 46.4. The SMILES string of the molecule is CC[C@H]1OC(=O)[C@H](C)[C@@H](O[C@H]2C[C@@](C)(OC)[C@@H](O)[C@H](C)O2)[C@H](C)[C@@H](O[C@@H]2O[C@H](C)C[C@H](N(C)C)[C@H]2OCCCO)[C@@](C)(OC)C[C@@H](C)C(=O)[C@H](C)[C@@H](O)[C@]1(C)O. The number of Topliss-reactive ketones (excluding diaryl/α,β-unsaturated/α-hetero) is 1. The van der Waals surface area contributed by atoms with Gasteiger partial charge < -0.3 is 63.2 Å².